The zero-order valence-corrected chi connectivity index (χ0v) is 31.0. The van der Waals surface area contributed by atoms with Gasteiger partial charge in [0.15, 0.2) is 17.5 Å². The van der Waals surface area contributed by atoms with Gasteiger partial charge in [0, 0.05) is 58.9 Å². The van der Waals surface area contributed by atoms with E-state index in [1.165, 1.54) is 58.8 Å². The molecule has 0 aliphatic carbocycles. The van der Waals surface area contributed by atoms with Crippen molar-refractivity contribution in [1.82, 2.24) is 19.5 Å². The summed E-state index contributed by atoms with van der Waals surface area (Å²) in [7, 11) is 0. The van der Waals surface area contributed by atoms with Crippen LogP contribution in [0.3, 0.4) is 0 Å². The van der Waals surface area contributed by atoms with Crippen molar-refractivity contribution in [3.8, 4) is 62.1 Å². The van der Waals surface area contributed by atoms with Crippen LogP contribution in [0, 0.1) is 0 Å². The third kappa shape index (κ3) is 5.40. The Balaban J connectivity index is 1.18. The Morgan fingerprint density at radius 1 is 0.357 bits per heavy atom. The Morgan fingerprint density at radius 2 is 0.929 bits per heavy atom. The molecule has 56 heavy (non-hydrogen) atoms. The number of aromatic nitrogens is 4. The van der Waals surface area contributed by atoms with E-state index in [4.69, 9.17) is 15.0 Å². The molecule has 5 heteroatoms. The Bertz CT molecular complexity index is 3170. The summed E-state index contributed by atoms with van der Waals surface area (Å²) < 4.78 is 4.80. The molecular weight excluding hydrogens is 701 g/mol. The van der Waals surface area contributed by atoms with Crippen LogP contribution in [0.25, 0.3) is 104 Å². The molecule has 0 amide bonds. The number of nitrogens with zero attached hydrogens (tertiary/aromatic N) is 4. The highest BCUT2D eigenvalue weighted by atomic mass is 32.1. The van der Waals surface area contributed by atoms with E-state index in [9.17, 15) is 0 Å². The highest BCUT2D eigenvalue weighted by molar-refractivity contribution is 7.26. The standard InChI is InChI=1S/C51H32N4S/c1-5-16-33(17-6-1)37-31-41(36-28-29-45-42(30-36)39-24-13-14-26-44(39)55(45)38-22-11-4-12-23-38)48-43(32-37)47-40(25-15-27-46(47)56-48)51-53-49(34-18-7-2-8-19-34)52-50(54-51)35-20-9-3-10-21-35/h1-32H. The topological polar surface area (TPSA) is 43.6 Å². The zero-order valence-electron chi connectivity index (χ0n) is 30.2. The van der Waals surface area contributed by atoms with Gasteiger partial charge in [-0.2, -0.15) is 0 Å². The van der Waals surface area contributed by atoms with Gasteiger partial charge < -0.3 is 4.57 Å². The van der Waals surface area contributed by atoms with Crippen molar-refractivity contribution in [3.63, 3.8) is 0 Å². The minimum Gasteiger partial charge on any atom is -0.309 e. The van der Waals surface area contributed by atoms with Crippen molar-refractivity contribution in [2.45, 2.75) is 0 Å². The molecular formula is C51H32N4S. The molecule has 3 aromatic heterocycles. The van der Waals surface area contributed by atoms with Crippen LogP contribution < -0.4 is 0 Å². The van der Waals surface area contributed by atoms with Crippen LogP contribution in [0.2, 0.25) is 0 Å². The van der Waals surface area contributed by atoms with Gasteiger partial charge in [0.2, 0.25) is 0 Å². The zero-order chi connectivity index (χ0) is 37.0. The first-order chi connectivity index (χ1) is 27.8. The lowest BCUT2D eigenvalue weighted by atomic mass is 9.94. The van der Waals surface area contributed by atoms with Crippen LogP contribution in [0.5, 0.6) is 0 Å². The summed E-state index contributed by atoms with van der Waals surface area (Å²) >= 11 is 1.83. The van der Waals surface area contributed by atoms with Gasteiger partial charge >= 0.3 is 0 Å². The van der Waals surface area contributed by atoms with Gasteiger partial charge in [0.05, 0.1) is 11.0 Å². The van der Waals surface area contributed by atoms with E-state index in [2.05, 4.69) is 162 Å². The Labute approximate surface area is 327 Å². The number of thiophene rings is 1. The van der Waals surface area contributed by atoms with Crippen molar-refractivity contribution in [2.75, 3.05) is 0 Å². The fourth-order valence-corrected chi connectivity index (χ4v) is 9.30. The lowest BCUT2D eigenvalue weighted by Gasteiger charge is -2.12. The molecule has 0 aliphatic rings. The van der Waals surface area contributed by atoms with Gasteiger partial charge in [-0.05, 0) is 65.2 Å². The predicted molar refractivity (Wildman–Crippen MR) is 234 cm³/mol. The first-order valence-electron chi connectivity index (χ1n) is 18.8. The predicted octanol–water partition coefficient (Wildman–Crippen LogP) is 13.7. The van der Waals surface area contributed by atoms with E-state index in [0.29, 0.717) is 17.5 Å². The third-order valence-electron chi connectivity index (χ3n) is 10.6. The molecule has 11 aromatic rings. The molecule has 3 heterocycles. The van der Waals surface area contributed by atoms with Gasteiger partial charge in [-0.3, -0.25) is 0 Å². The molecule has 0 unspecified atom stereocenters. The largest absolute Gasteiger partial charge is 0.309 e. The molecule has 0 bridgehead atoms. The van der Waals surface area contributed by atoms with Gasteiger partial charge in [-0.1, -0.05) is 146 Å². The minimum absolute atomic E-state index is 0.652. The van der Waals surface area contributed by atoms with Gasteiger partial charge in [-0.15, -0.1) is 11.3 Å². The van der Waals surface area contributed by atoms with E-state index in [1.807, 2.05) is 47.7 Å². The van der Waals surface area contributed by atoms with E-state index < -0.39 is 0 Å². The Morgan fingerprint density at radius 3 is 1.62 bits per heavy atom. The van der Waals surface area contributed by atoms with Crippen molar-refractivity contribution in [2.24, 2.45) is 0 Å². The molecule has 8 aromatic carbocycles. The molecule has 0 atom stereocenters. The third-order valence-corrected chi connectivity index (χ3v) is 11.8. The van der Waals surface area contributed by atoms with Crippen molar-refractivity contribution >= 4 is 53.3 Å². The van der Waals surface area contributed by atoms with Crippen molar-refractivity contribution in [1.29, 1.82) is 0 Å². The highest BCUT2D eigenvalue weighted by Gasteiger charge is 2.21. The Kier molecular flexibility index (Phi) is 7.64. The number of rotatable bonds is 6. The average Bonchev–Trinajstić information content (AvgIpc) is 3.83. The molecule has 0 saturated heterocycles. The quantitative estimate of drug-likeness (QED) is 0.171. The van der Waals surface area contributed by atoms with Gasteiger partial charge in [-0.25, -0.2) is 15.0 Å². The maximum absolute atomic E-state index is 5.17. The number of benzene rings is 8. The molecule has 262 valence electrons. The maximum Gasteiger partial charge on any atom is 0.164 e. The number of para-hydroxylation sites is 2. The van der Waals surface area contributed by atoms with Gasteiger partial charge in [0.1, 0.15) is 0 Å². The SMILES string of the molecule is c1ccc(-c2cc(-c3ccc4c(c3)c3ccccc3n4-c3ccccc3)c3sc4cccc(-c5nc(-c6ccccc6)nc(-c6ccccc6)n5)c4c3c2)cc1. The summed E-state index contributed by atoms with van der Waals surface area (Å²) in [4.78, 5) is 15.3. The number of fused-ring (bicyclic) bond motifs is 6. The smallest absolute Gasteiger partial charge is 0.164 e. The lowest BCUT2D eigenvalue weighted by molar-refractivity contribution is 1.08. The number of hydrogen-bond acceptors (Lipinski definition) is 4. The summed E-state index contributed by atoms with van der Waals surface area (Å²) in [6, 6.07) is 68.6. The highest BCUT2D eigenvalue weighted by Crippen LogP contribution is 2.46. The summed E-state index contributed by atoms with van der Waals surface area (Å²) in [6.07, 6.45) is 0. The fourth-order valence-electron chi connectivity index (χ4n) is 8.05. The van der Waals surface area contributed by atoms with Crippen molar-refractivity contribution < 1.29 is 0 Å². The molecule has 11 rings (SSSR count). The first-order valence-corrected chi connectivity index (χ1v) is 19.6. The van der Waals surface area contributed by atoms with Crippen LogP contribution in [-0.4, -0.2) is 19.5 Å². The van der Waals surface area contributed by atoms with Crippen LogP contribution in [-0.2, 0) is 0 Å². The fraction of sp³-hybridized carbons (Fsp3) is 0. The normalized spacial score (nSPS) is 11.6. The van der Waals surface area contributed by atoms with E-state index in [0.717, 1.165) is 27.8 Å². The van der Waals surface area contributed by atoms with Gasteiger partial charge in [0.25, 0.3) is 0 Å². The van der Waals surface area contributed by atoms with Crippen LogP contribution in [0.1, 0.15) is 0 Å². The number of hydrogen-bond donors (Lipinski definition) is 0. The second kappa shape index (κ2) is 13.3. The van der Waals surface area contributed by atoms with E-state index >= 15 is 0 Å². The molecule has 0 saturated carbocycles. The lowest BCUT2D eigenvalue weighted by Crippen LogP contribution is -2.00. The van der Waals surface area contributed by atoms with E-state index in [1.54, 1.807) is 0 Å². The summed E-state index contributed by atoms with van der Waals surface area (Å²) in [5.74, 6) is 1.96. The molecule has 0 aliphatic heterocycles. The summed E-state index contributed by atoms with van der Waals surface area (Å²) in [5, 5.41) is 4.80. The van der Waals surface area contributed by atoms with E-state index in [-0.39, 0.29) is 0 Å². The first kappa shape index (κ1) is 32.2. The molecule has 4 nitrogen and oxygen atoms in total. The maximum atomic E-state index is 5.17. The average molecular weight is 733 g/mol. The van der Waals surface area contributed by atoms with Crippen LogP contribution >= 0.6 is 11.3 Å². The van der Waals surface area contributed by atoms with Crippen LogP contribution in [0.4, 0.5) is 0 Å². The Hall–Kier alpha value is -7.21. The minimum atomic E-state index is 0.652. The molecule has 0 radical (unpaired) electrons. The summed E-state index contributed by atoms with van der Waals surface area (Å²) in [5.41, 5.74) is 11.2. The molecule has 0 N–H and O–H groups in total. The second-order valence-electron chi connectivity index (χ2n) is 14.0. The van der Waals surface area contributed by atoms with Crippen molar-refractivity contribution in [3.05, 3.63) is 194 Å². The summed E-state index contributed by atoms with van der Waals surface area (Å²) in [6.45, 7) is 0. The second-order valence-corrected chi connectivity index (χ2v) is 15.1. The van der Waals surface area contributed by atoms with Crippen LogP contribution in [0.15, 0.2) is 194 Å². The monoisotopic (exact) mass is 732 g/mol. The molecule has 0 spiro atoms. The molecule has 0 fully saturated rings.